The molecule has 0 bridgehead atoms. The fraction of sp³-hybridized carbons (Fsp3) is 0.571. The number of sulfonamides is 1. The molecule has 1 saturated heterocycles. The Labute approximate surface area is 126 Å². The van der Waals surface area contributed by atoms with Crippen LogP contribution in [0.15, 0.2) is 24.3 Å². The number of alkyl halides is 1. The van der Waals surface area contributed by atoms with Crippen LogP contribution in [-0.2, 0) is 10.0 Å². The van der Waals surface area contributed by atoms with Gasteiger partial charge in [-0.15, -0.1) is 11.6 Å². The Hall–Kier alpha value is -0.780. The maximum absolute atomic E-state index is 12.1. The summed E-state index contributed by atoms with van der Waals surface area (Å²) < 4.78 is 25.8. The van der Waals surface area contributed by atoms with E-state index in [9.17, 15) is 8.42 Å². The SMILES string of the molecule is Cc1cccc(N2CCN(S(=O)(=O)CCCCl)CC2)c1. The van der Waals surface area contributed by atoms with Gasteiger partial charge in [-0.1, -0.05) is 12.1 Å². The average molecular weight is 317 g/mol. The molecule has 0 unspecified atom stereocenters. The molecular formula is C14H21ClN2O2S. The lowest BCUT2D eigenvalue weighted by atomic mass is 10.2. The van der Waals surface area contributed by atoms with E-state index in [-0.39, 0.29) is 5.75 Å². The Kier molecular flexibility index (Phi) is 5.29. The summed E-state index contributed by atoms with van der Waals surface area (Å²) in [5.41, 5.74) is 2.39. The normalized spacial score (nSPS) is 17.4. The number of nitrogens with zero attached hydrogens (tertiary/aromatic N) is 2. The van der Waals surface area contributed by atoms with Crippen LogP contribution in [0.5, 0.6) is 0 Å². The fourth-order valence-electron chi connectivity index (χ4n) is 2.42. The molecule has 20 heavy (non-hydrogen) atoms. The highest BCUT2D eigenvalue weighted by Crippen LogP contribution is 2.19. The van der Waals surface area contributed by atoms with Gasteiger partial charge in [-0.25, -0.2) is 8.42 Å². The Balaban J connectivity index is 1.95. The van der Waals surface area contributed by atoms with Crippen LogP contribution >= 0.6 is 11.6 Å². The van der Waals surface area contributed by atoms with Gasteiger partial charge in [0.25, 0.3) is 0 Å². The van der Waals surface area contributed by atoms with Crippen LogP contribution in [0.2, 0.25) is 0 Å². The molecule has 6 heteroatoms. The predicted octanol–water partition coefficient (Wildman–Crippen LogP) is 2.08. The standard InChI is InChI=1S/C14H21ClN2O2S/c1-13-4-2-5-14(12-13)16-7-9-17(10-8-16)20(18,19)11-3-6-15/h2,4-5,12H,3,6-11H2,1H3. The summed E-state index contributed by atoms with van der Waals surface area (Å²) >= 11 is 5.57. The largest absolute Gasteiger partial charge is 0.369 e. The lowest BCUT2D eigenvalue weighted by Crippen LogP contribution is -2.49. The second-order valence-corrected chi connectivity index (χ2v) is 7.55. The minimum absolute atomic E-state index is 0.154. The Morgan fingerprint density at radius 2 is 1.90 bits per heavy atom. The molecule has 1 aromatic carbocycles. The molecule has 0 amide bonds. The number of rotatable bonds is 5. The van der Waals surface area contributed by atoms with Crippen LogP contribution in [0.1, 0.15) is 12.0 Å². The van der Waals surface area contributed by atoms with E-state index in [1.54, 1.807) is 4.31 Å². The lowest BCUT2D eigenvalue weighted by Gasteiger charge is -2.35. The maximum Gasteiger partial charge on any atom is 0.214 e. The van der Waals surface area contributed by atoms with Crippen molar-refractivity contribution in [2.45, 2.75) is 13.3 Å². The summed E-state index contributed by atoms with van der Waals surface area (Å²) in [5.74, 6) is 0.545. The fourth-order valence-corrected chi connectivity index (χ4v) is 4.19. The third kappa shape index (κ3) is 3.87. The molecule has 1 heterocycles. The van der Waals surface area contributed by atoms with Crippen LogP contribution in [-0.4, -0.2) is 50.5 Å². The van der Waals surface area contributed by atoms with Gasteiger partial charge in [-0.3, -0.25) is 0 Å². The molecule has 1 aliphatic heterocycles. The second-order valence-electron chi connectivity index (χ2n) is 5.08. The lowest BCUT2D eigenvalue weighted by molar-refractivity contribution is 0.384. The molecule has 0 spiro atoms. The summed E-state index contributed by atoms with van der Waals surface area (Å²) in [6.45, 7) is 4.65. The van der Waals surface area contributed by atoms with Crippen molar-refractivity contribution in [3.63, 3.8) is 0 Å². The smallest absolute Gasteiger partial charge is 0.214 e. The molecule has 0 saturated carbocycles. The first-order valence-corrected chi connectivity index (χ1v) is 9.03. The van der Waals surface area contributed by atoms with Gasteiger partial charge in [-0.05, 0) is 31.0 Å². The van der Waals surface area contributed by atoms with Crippen molar-refractivity contribution in [2.75, 3.05) is 42.7 Å². The molecule has 0 radical (unpaired) electrons. The van der Waals surface area contributed by atoms with Gasteiger partial charge in [-0.2, -0.15) is 4.31 Å². The number of piperazine rings is 1. The highest BCUT2D eigenvalue weighted by Gasteiger charge is 2.26. The number of aryl methyl sites for hydroxylation is 1. The molecule has 4 nitrogen and oxygen atoms in total. The maximum atomic E-state index is 12.1. The number of benzene rings is 1. The number of halogens is 1. The molecule has 1 fully saturated rings. The summed E-state index contributed by atoms with van der Waals surface area (Å²) in [6.07, 6.45) is 0.516. The van der Waals surface area contributed by atoms with Crippen molar-refractivity contribution in [3.05, 3.63) is 29.8 Å². The first kappa shape index (κ1) is 15.6. The summed E-state index contributed by atoms with van der Waals surface area (Å²) in [6, 6.07) is 8.31. The van der Waals surface area contributed by atoms with Crippen LogP contribution in [0.25, 0.3) is 0 Å². The van der Waals surface area contributed by atoms with Crippen molar-refractivity contribution in [1.82, 2.24) is 4.31 Å². The van der Waals surface area contributed by atoms with Gasteiger partial charge >= 0.3 is 0 Å². The van der Waals surface area contributed by atoms with Crippen LogP contribution in [0.3, 0.4) is 0 Å². The van der Waals surface area contributed by atoms with Crippen LogP contribution < -0.4 is 4.90 Å². The van der Waals surface area contributed by atoms with Crippen LogP contribution in [0, 0.1) is 6.92 Å². The zero-order chi connectivity index (χ0) is 14.6. The van der Waals surface area contributed by atoms with Gasteiger partial charge in [0.2, 0.25) is 10.0 Å². The Bertz CT molecular complexity index is 540. The van der Waals surface area contributed by atoms with E-state index in [4.69, 9.17) is 11.6 Å². The third-order valence-corrected chi connectivity index (χ3v) is 5.76. The van der Waals surface area contributed by atoms with E-state index in [0.717, 1.165) is 13.1 Å². The highest BCUT2D eigenvalue weighted by atomic mass is 35.5. The molecule has 0 aromatic heterocycles. The topological polar surface area (TPSA) is 40.6 Å². The van der Waals surface area contributed by atoms with E-state index in [2.05, 4.69) is 30.0 Å². The molecule has 0 atom stereocenters. The molecule has 2 rings (SSSR count). The van der Waals surface area contributed by atoms with Gasteiger partial charge in [0, 0.05) is 37.7 Å². The quantitative estimate of drug-likeness (QED) is 0.781. The Morgan fingerprint density at radius 3 is 2.50 bits per heavy atom. The summed E-state index contributed by atoms with van der Waals surface area (Å²) in [7, 11) is -3.14. The van der Waals surface area contributed by atoms with E-state index in [0.29, 0.717) is 25.4 Å². The Morgan fingerprint density at radius 1 is 1.20 bits per heavy atom. The zero-order valence-corrected chi connectivity index (χ0v) is 13.3. The van der Waals surface area contributed by atoms with Gasteiger partial charge in [0.15, 0.2) is 0 Å². The van der Waals surface area contributed by atoms with Crippen molar-refractivity contribution in [2.24, 2.45) is 0 Å². The predicted molar refractivity (Wildman–Crippen MR) is 84.1 cm³/mol. The van der Waals surface area contributed by atoms with Crippen molar-refractivity contribution in [1.29, 1.82) is 0 Å². The minimum Gasteiger partial charge on any atom is -0.369 e. The third-order valence-electron chi connectivity index (χ3n) is 3.53. The molecule has 0 N–H and O–H groups in total. The first-order chi connectivity index (χ1) is 9.53. The van der Waals surface area contributed by atoms with Gasteiger partial charge < -0.3 is 4.90 Å². The average Bonchev–Trinajstić information content (AvgIpc) is 2.45. The van der Waals surface area contributed by atoms with E-state index >= 15 is 0 Å². The monoisotopic (exact) mass is 316 g/mol. The van der Waals surface area contributed by atoms with Crippen molar-refractivity contribution < 1.29 is 8.42 Å². The summed E-state index contributed by atoms with van der Waals surface area (Å²) in [5, 5.41) is 0. The number of hydrogen-bond donors (Lipinski definition) is 0. The highest BCUT2D eigenvalue weighted by molar-refractivity contribution is 7.89. The zero-order valence-electron chi connectivity index (χ0n) is 11.8. The first-order valence-electron chi connectivity index (χ1n) is 6.88. The second kappa shape index (κ2) is 6.78. The molecular weight excluding hydrogens is 296 g/mol. The van der Waals surface area contributed by atoms with Gasteiger partial charge in [0.05, 0.1) is 5.75 Å². The minimum atomic E-state index is -3.14. The van der Waals surface area contributed by atoms with Crippen molar-refractivity contribution in [3.8, 4) is 0 Å². The van der Waals surface area contributed by atoms with E-state index in [1.165, 1.54) is 11.3 Å². The number of anilines is 1. The van der Waals surface area contributed by atoms with Crippen LogP contribution in [0.4, 0.5) is 5.69 Å². The van der Waals surface area contributed by atoms with Gasteiger partial charge in [0.1, 0.15) is 0 Å². The molecule has 1 aliphatic rings. The molecule has 0 aliphatic carbocycles. The molecule has 112 valence electrons. The molecule has 1 aromatic rings. The van der Waals surface area contributed by atoms with Crippen molar-refractivity contribution >= 4 is 27.3 Å². The van der Waals surface area contributed by atoms with E-state index < -0.39 is 10.0 Å². The van der Waals surface area contributed by atoms with E-state index in [1.807, 2.05) is 6.07 Å². The number of hydrogen-bond acceptors (Lipinski definition) is 3. The summed E-state index contributed by atoms with van der Waals surface area (Å²) in [4.78, 5) is 2.24.